The summed E-state index contributed by atoms with van der Waals surface area (Å²) < 4.78 is 23.4. The lowest BCUT2D eigenvalue weighted by atomic mass is 10.6. The maximum Gasteiger partial charge on any atom is 0.258 e. The van der Waals surface area contributed by atoms with Gasteiger partial charge in [0.25, 0.3) is 11.0 Å². The van der Waals surface area contributed by atoms with Gasteiger partial charge in [0, 0.05) is 0 Å². The Morgan fingerprint density at radius 3 is 2.70 bits per heavy atom. The lowest BCUT2D eigenvalue weighted by molar-refractivity contribution is -0.117. The Morgan fingerprint density at radius 2 is 2.30 bits per heavy atom. The number of thiol groups is 1. The van der Waals surface area contributed by atoms with Crippen LogP contribution in [0.5, 0.6) is 0 Å². The molecule has 58 valence electrons. The van der Waals surface area contributed by atoms with E-state index in [2.05, 4.69) is 16.1 Å². The van der Waals surface area contributed by atoms with Gasteiger partial charge in [-0.15, -0.1) is 0 Å². The van der Waals surface area contributed by atoms with E-state index in [9.17, 15) is 13.2 Å². The zero-order valence-corrected chi connectivity index (χ0v) is 5.97. The molecule has 0 bridgehead atoms. The first kappa shape index (κ1) is 9.12. The zero-order chi connectivity index (χ0) is 7.98. The zero-order valence-electron chi connectivity index (χ0n) is 5.07. The highest BCUT2D eigenvalue weighted by atomic mass is 32.2. The van der Waals surface area contributed by atoms with E-state index in [4.69, 9.17) is 0 Å². The average Bonchev–Trinajstić information content (AvgIpc) is 1.87. The van der Waals surface area contributed by atoms with Crippen molar-refractivity contribution in [1.29, 1.82) is 0 Å². The summed E-state index contributed by atoms with van der Waals surface area (Å²) in [5.41, 5.74) is 0. The topological polar surface area (TPSA) is 72.5 Å². The van der Waals surface area contributed by atoms with E-state index in [0.717, 1.165) is 6.08 Å². The molecule has 0 heterocycles. The van der Waals surface area contributed by atoms with Crippen molar-refractivity contribution in [2.75, 3.05) is 6.73 Å². The minimum absolute atomic E-state index is 0.344. The van der Waals surface area contributed by atoms with Gasteiger partial charge in [-0.1, -0.05) is 6.58 Å². The fraction of sp³-hybridized carbons (Fsp3) is 0.250. The number of rotatable bonds is 4. The van der Waals surface area contributed by atoms with Crippen molar-refractivity contribution in [1.82, 2.24) is 5.32 Å². The van der Waals surface area contributed by atoms with Crippen LogP contribution in [0, 0.1) is 0 Å². The van der Waals surface area contributed by atoms with Gasteiger partial charge < -0.3 is 5.32 Å². The molecule has 0 aromatic rings. The molecule has 5 nitrogen and oxygen atoms in total. The van der Waals surface area contributed by atoms with Crippen LogP contribution in [-0.2, 0) is 20.0 Å². The van der Waals surface area contributed by atoms with E-state index in [1.165, 1.54) is 0 Å². The average molecular weight is 165 g/mol. The van der Waals surface area contributed by atoms with Crippen LogP contribution >= 0.6 is 0 Å². The predicted octanol–water partition coefficient (Wildman–Crippen LogP) is -1.21. The third-order valence-electron chi connectivity index (χ3n) is 0.602. The van der Waals surface area contributed by atoms with Gasteiger partial charge in [0.15, 0.2) is 0 Å². The summed E-state index contributed by atoms with van der Waals surface area (Å²) in [6.45, 7) is 2.80. The fourth-order valence-electron chi connectivity index (χ4n) is 0.228. The molecule has 0 spiro atoms. The summed E-state index contributed by atoms with van der Waals surface area (Å²) >= 11 is 0. The molecule has 0 unspecified atom stereocenters. The number of carbonyl (C=O) groups is 1. The Balaban J connectivity index is 3.37. The van der Waals surface area contributed by atoms with Crippen molar-refractivity contribution in [2.24, 2.45) is 0 Å². The fourth-order valence-corrected chi connectivity index (χ4v) is 0.398. The lowest BCUT2D eigenvalue weighted by Gasteiger charge is -1.95. The molecule has 0 saturated heterocycles. The molecule has 0 fully saturated rings. The van der Waals surface area contributed by atoms with Gasteiger partial charge in [-0.2, -0.15) is 0 Å². The first-order valence-electron chi connectivity index (χ1n) is 2.34. The van der Waals surface area contributed by atoms with Crippen LogP contribution in [0.4, 0.5) is 0 Å². The summed E-state index contributed by atoms with van der Waals surface area (Å²) in [5, 5.41) is 2.10. The maximum atomic E-state index is 10.3. The highest BCUT2D eigenvalue weighted by Gasteiger charge is 1.91. The van der Waals surface area contributed by atoms with Crippen LogP contribution in [0.3, 0.4) is 0 Å². The second-order valence-electron chi connectivity index (χ2n) is 1.24. The Bertz CT molecular complexity index is 189. The van der Waals surface area contributed by atoms with Crippen molar-refractivity contribution in [3.8, 4) is 0 Å². The Morgan fingerprint density at radius 1 is 1.70 bits per heavy atom. The van der Waals surface area contributed by atoms with Gasteiger partial charge >= 0.3 is 0 Å². The summed E-state index contributed by atoms with van der Waals surface area (Å²) in [4.78, 5) is 10.3. The second-order valence-corrected chi connectivity index (χ2v) is 1.95. The maximum absolute atomic E-state index is 10.3. The molecule has 0 aliphatic rings. The Labute approximate surface area is 59.8 Å². The minimum atomic E-state index is -2.89. The number of hydrogen-bond acceptors (Lipinski definition) is 4. The van der Waals surface area contributed by atoms with Gasteiger partial charge in [0.05, 0.1) is 0 Å². The monoisotopic (exact) mass is 165 g/mol. The van der Waals surface area contributed by atoms with Gasteiger partial charge in [0.1, 0.15) is 6.73 Å². The van der Waals surface area contributed by atoms with Crippen molar-refractivity contribution >= 4 is 16.9 Å². The van der Waals surface area contributed by atoms with E-state index in [1.807, 2.05) is 0 Å². The largest absolute Gasteiger partial charge is 0.328 e. The van der Waals surface area contributed by atoms with Crippen LogP contribution in [-0.4, -0.2) is 21.1 Å². The third kappa shape index (κ3) is 5.26. The smallest absolute Gasteiger partial charge is 0.258 e. The SMILES string of the molecule is C=CC(=O)NCO[SH](=O)=O. The van der Waals surface area contributed by atoms with E-state index in [0.29, 0.717) is 0 Å². The van der Waals surface area contributed by atoms with E-state index < -0.39 is 16.9 Å². The summed E-state index contributed by atoms with van der Waals surface area (Å²) in [6, 6.07) is 0. The molecule has 1 N–H and O–H groups in total. The first-order chi connectivity index (χ1) is 4.66. The lowest BCUT2D eigenvalue weighted by Crippen LogP contribution is -2.23. The quantitative estimate of drug-likeness (QED) is 0.311. The highest BCUT2D eigenvalue weighted by Crippen LogP contribution is 1.69. The molecule has 10 heavy (non-hydrogen) atoms. The molecule has 0 rings (SSSR count). The molecule has 1 amide bonds. The number of amides is 1. The molecular formula is C4H7NO4S. The molecular weight excluding hydrogens is 158 g/mol. The molecule has 0 atom stereocenters. The van der Waals surface area contributed by atoms with Crippen LogP contribution < -0.4 is 5.32 Å². The predicted molar refractivity (Wildman–Crippen MR) is 34.6 cm³/mol. The molecule has 0 aromatic carbocycles. The first-order valence-corrected chi connectivity index (χ1v) is 3.44. The number of nitrogens with one attached hydrogen (secondary N) is 1. The van der Waals surface area contributed by atoms with Gasteiger partial charge in [-0.3, -0.25) is 8.98 Å². The second kappa shape index (κ2) is 4.95. The van der Waals surface area contributed by atoms with Crippen molar-refractivity contribution in [2.45, 2.75) is 0 Å². The molecule has 6 heteroatoms. The van der Waals surface area contributed by atoms with E-state index in [1.54, 1.807) is 0 Å². The van der Waals surface area contributed by atoms with Crippen LogP contribution in [0.25, 0.3) is 0 Å². The summed E-state index contributed by atoms with van der Waals surface area (Å²) in [7, 11) is -2.89. The molecule has 0 saturated carbocycles. The normalized spacial score (nSPS) is 9.30. The van der Waals surface area contributed by atoms with Crippen LogP contribution in [0.2, 0.25) is 0 Å². The Hall–Kier alpha value is -0.880. The van der Waals surface area contributed by atoms with Gasteiger partial charge in [-0.25, -0.2) is 8.42 Å². The molecule has 0 aliphatic heterocycles. The van der Waals surface area contributed by atoms with E-state index in [-0.39, 0.29) is 6.73 Å². The van der Waals surface area contributed by atoms with Crippen LogP contribution in [0.15, 0.2) is 12.7 Å². The van der Waals surface area contributed by atoms with Gasteiger partial charge in [0.2, 0.25) is 5.91 Å². The third-order valence-corrected chi connectivity index (χ3v) is 0.942. The standard InChI is InChI=1S/C4H7NO4S/c1-2-4(6)5-3-9-10(7)8/h2,10H,1,3H2,(H,5,6). The van der Waals surface area contributed by atoms with E-state index >= 15 is 0 Å². The molecule has 0 aliphatic carbocycles. The van der Waals surface area contributed by atoms with Crippen LogP contribution in [0.1, 0.15) is 0 Å². The minimum Gasteiger partial charge on any atom is -0.328 e. The summed E-state index contributed by atoms with van der Waals surface area (Å²) in [6.07, 6.45) is 1.02. The number of carbonyl (C=O) groups excluding carboxylic acids is 1. The van der Waals surface area contributed by atoms with Gasteiger partial charge in [-0.05, 0) is 6.08 Å². The molecule has 0 radical (unpaired) electrons. The van der Waals surface area contributed by atoms with Crippen molar-refractivity contribution in [3.05, 3.63) is 12.7 Å². The van der Waals surface area contributed by atoms with Crippen molar-refractivity contribution < 1.29 is 17.4 Å². The Kier molecular flexibility index (Phi) is 4.51. The number of hydrogen-bond donors (Lipinski definition) is 2. The molecule has 0 aromatic heterocycles. The summed E-state index contributed by atoms with van der Waals surface area (Å²) in [5.74, 6) is -0.475. The van der Waals surface area contributed by atoms with Crippen molar-refractivity contribution in [3.63, 3.8) is 0 Å². The highest BCUT2D eigenvalue weighted by molar-refractivity contribution is 7.67.